The van der Waals surface area contributed by atoms with Crippen molar-refractivity contribution in [3.63, 3.8) is 0 Å². The van der Waals surface area contributed by atoms with Gasteiger partial charge in [-0.3, -0.25) is 4.79 Å². The molecule has 5 nitrogen and oxygen atoms in total. The minimum Gasteiger partial charge on any atom is -0.274 e. The van der Waals surface area contributed by atoms with Gasteiger partial charge in [-0.05, 0) is 31.0 Å². The molecule has 0 radical (unpaired) electrons. The molecule has 0 bridgehead atoms. The van der Waals surface area contributed by atoms with Gasteiger partial charge in [-0.15, -0.1) is 0 Å². The van der Waals surface area contributed by atoms with Crippen molar-refractivity contribution >= 4 is 15.9 Å². The van der Waals surface area contributed by atoms with Crippen LogP contribution in [0.1, 0.15) is 17.5 Å². The van der Waals surface area contributed by atoms with Gasteiger partial charge < -0.3 is 0 Å². The van der Waals surface area contributed by atoms with Gasteiger partial charge in [0.1, 0.15) is 0 Å². The van der Waals surface area contributed by atoms with Crippen LogP contribution in [0.2, 0.25) is 0 Å². The highest BCUT2D eigenvalue weighted by Crippen LogP contribution is 2.10. The third-order valence-electron chi connectivity index (χ3n) is 2.99. The van der Waals surface area contributed by atoms with Gasteiger partial charge in [0.2, 0.25) is 10.9 Å². The quantitative estimate of drug-likeness (QED) is 0.913. The van der Waals surface area contributed by atoms with Gasteiger partial charge in [-0.2, -0.15) is 8.42 Å². The summed E-state index contributed by atoms with van der Waals surface area (Å²) in [4.78, 5) is 15.2. The van der Waals surface area contributed by atoms with Gasteiger partial charge in [-0.1, -0.05) is 29.8 Å². The lowest BCUT2D eigenvalue weighted by Crippen LogP contribution is -2.32. The zero-order valence-corrected chi connectivity index (χ0v) is 12.7. The molecule has 2 rings (SSSR count). The van der Waals surface area contributed by atoms with E-state index in [2.05, 4.69) is 4.98 Å². The number of pyridine rings is 1. The number of amides is 1. The number of sulfonamides is 1. The van der Waals surface area contributed by atoms with Crippen molar-refractivity contribution in [3.8, 4) is 0 Å². The van der Waals surface area contributed by atoms with E-state index >= 15 is 0 Å². The Hall–Kier alpha value is -2.28. The van der Waals surface area contributed by atoms with E-state index in [-0.39, 0.29) is 6.42 Å². The maximum Gasteiger partial charge on any atom is 0.284 e. The lowest BCUT2D eigenvalue weighted by molar-refractivity contribution is -0.119. The number of rotatable bonds is 5. The number of benzene rings is 1. The molecule has 0 aliphatic carbocycles. The molecule has 0 aliphatic rings. The second-order valence-corrected chi connectivity index (χ2v) is 6.40. The topological polar surface area (TPSA) is 76.1 Å². The molecule has 1 N–H and O–H groups in total. The number of carbonyl (C=O) groups is 1. The van der Waals surface area contributed by atoms with Crippen LogP contribution in [-0.4, -0.2) is 19.3 Å². The number of nitrogens with one attached hydrogen (secondary N) is 1. The Morgan fingerprint density at radius 1 is 1.23 bits per heavy atom. The Morgan fingerprint density at radius 3 is 2.55 bits per heavy atom. The molecule has 0 fully saturated rings. The zero-order valence-electron chi connectivity index (χ0n) is 11.9. The minimum absolute atomic E-state index is 0.0171. The molecular weight excluding hydrogens is 307 g/mol. The minimum atomic E-state index is -4.29. The van der Waals surface area contributed by atoms with Crippen LogP contribution in [0.5, 0.6) is 0 Å². The standard InChI is InChI=1S/C15H15FN2O3S/c1-11-4-6-12(7-5-11)8-9-14(19)18-22(20,21)15-13(16)3-2-10-17-15/h2-7,10H,8-9H2,1H3,(H,18,19). The van der Waals surface area contributed by atoms with E-state index in [1.807, 2.05) is 35.9 Å². The first-order valence-corrected chi connectivity index (χ1v) is 8.08. The molecule has 1 heterocycles. The van der Waals surface area contributed by atoms with Gasteiger partial charge in [-0.25, -0.2) is 14.1 Å². The summed E-state index contributed by atoms with van der Waals surface area (Å²) in [7, 11) is -4.29. The van der Waals surface area contributed by atoms with Crippen LogP contribution in [0.3, 0.4) is 0 Å². The number of hydrogen-bond acceptors (Lipinski definition) is 4. The fourth-order valence-corrected chi connectivity index (χ4v) is 2.85. The van der Waals surface area contributed by atoms with Crippen molar-refractivity contribution < 1.29 is 17.6 Å². The summed E-state index contributed by atoms with van der Waals surface area (Å²) in [5.41, 5.74) is 2.02. The van der Waals surface area contributed by atoms with E-state index in [4.69, 9.17) is 0 Å². The van der Waals surface area contributed by atoms with Crippen LogP contribution in [0.15, 0.2) is 47.6 Å². The molecular formula is C15H15FN2O3S. The molecule has 1 aromatic carbocycles. The van der Waals surface area contributed by atoms with E-state index in [1.54, 1.807) is 0 Å². The number of nitrogens with zero attached hydrogens (tertiary/aromatic N) is 1. The summed E-state index contributed by atoms with van der Waals surface area (Å²) >= 11 is 0. The average molecular weight is 322 g/mol. The average Bonchev–Trinajstić information content (AvgIpc) is 2.46. The number of carbonyl (C=O) groups excluding carboxylic acids is 1. The maximum absolute atomic E-state index is 13.4. The molecule has 0 spiro atoms. The first-order valence-electron chi connectivity index (χ1n) is 6.60. The molecule has 0 saturated carbocycles. The van der Waals surface area contributed by atoms with Crippen LogP contribution in [0, 0.1) is 12.7 Å². The van der Waals surface area contributed by atoms with E-state index in [0.29, 0.717) is 6.42 Å². The van der Waals surface area contributed by atoms with E-state index < -0.39 is 26.8 Å². The van der Waals surface area contributed by atoms with Crippen LogP contribution >= 0.6 is 0 Å². The highest BCUT2D eigenvalue weighted by molar-refractivity contribution is 7.90. The smallest absolute Gasteiger partial charge is 0.274 e. The van der Waals surface area contributed by atoms with Crippen LogP contribution in [0.25, 0.3) is 0 Å². The number of halogens is 1. The van der Waals surface area contributed by atoms with Gasteiger partial charge in [0.15, 0.2) is 5.82 Å². The van der Waals surface area contributed by atoms with Gasteiger partial charge in [0.25, 0.3) is 10.0 Å². The zero-order chi connectivity index (χ0) is 16.2. The van der Waals surface area contributed by atoms with E-state index in [1.165, 1.54) is 6.07 Å². The number of aryl methyl sites for hydroxylation is 2. The monoisotopic (exact) mass is 322 g/mol. The number of hydrogen-bond donors (Lipinski definition) is 1. The lowest BCUT2D eigenvalue weighted by atomic mass is 10.1. The Morgan fingerprint density at radius 2 is 1.91 bits per heavy atom. The molecule has 0 aliphatic heterocycles. The Kier molecular flexibility index (Phi) is 4.87. The van der Waals surface area contributed by atoms with Gasteiger partial charge in [0.05, 0.1) is 0 Å². The molecule has 0 saturated heterocycles. The van der Waals surface area contributed by atoms with Crippen molar-refractivity contribution in [2.45, 2.75) is 24.8 Å². The SMILES string of the molecule is Cc1ccc(CCC(=O)NS(=O)(=O)c2ncccc2F)cc1. The fourth-order valence-electron chi connectivity index (χ4n) is 1.83. The molecule has 0 atom stereocenters. The van der Waals surface area contributed by atoms with Gasteiger partial charge >= 0.3 is 0 Å². The third-order valence-corrected chi connectivity index (χ3v) is 4.29. The molecule has 2 aromatic rings. The summed E-state index contributed by atoms with van der Waals surface area (Å²) in [5.74, 6) is -1.70. The lowest BCUT2D eigenvalue weighted by Gasteiger charge is -2.07. The summed E-state index contributed by atoms with van der Waals surface area (Å²) in [5, 5.41) is -0.779. The van der Waals surface area contributed by atoms with Gasteiger partial charge in [0, 0.05) is 12.6 Å². The predicted molar refractivity (Wildman–Crippen MR) is 79.0 cm³/mol. The summed E-state index contributed by atoms with van der Waals surface area (Å²) in [6, 6.07) is 9.80. The maximum atomic E-state index is 13.4. The summed E-state index contributed by atoms with van der Waals surface area (Å²) in [6.45, 7) is 1.95. The molecule has 116 valence electrons. The molecule has 1 aromatic heterocycles. The van der Waals surface area contributed by atoms with E-state index in [0.717, 1.165) is 23.4 Å². The summed E-state index contributed by atoms with van der Waals surface area (Å²) in [6.07, 6.45) is 1.53. The highest BCUT2D eigenvalue weighted by atomic mass is 32.2. The van der Waals surface area contributed by atoms with Crippen molar-refractivity contribution in [2.24, 2.45) is 0 Å². The fraction of sp³-hybridized carbons (Fsp3) is 0.200. The highest BCUT2D eigenvalue weighted by Gasteiger charge is 2.22. The van der Waals surface area contributed by atoms with Crippen molar-refractivity contribution in [2.75, 3.05) is 0 Å². The first kappa shape index (κ1) is 16.1. The normalized spacial score (nSPS) is 11.2. The Bertz CT molecular complexity index is 774. The van der Waals surface area contributed by atoms with Crippen LogP contribution in [0.4, 0.5) is 4.39 Å². The van der Waals surface area contributed by atoms with Crippen LogP contribution < -0.4 is 4.72 Å². The molecule has 1 amide bonds. The molecule has 22 heavy (non-hydrogen) atoms. The second-order valence-electron chi connectivity index (χ2n) is 4.80. The summed E-state index contributed by atoms with van der Waals surface area (Å²) < 4.78 is 39.0. The van der Waals surface area contributed by atoms with Crippen molar-refractivity contribution in [1.29, 1.82) is 0 Å². The van der Waals surface area contributed by atoms with Crippen molar-refractivity contribution in [1.82, 2.24) is 9.71 Å². The third kappa shape index (κ3) is 4.11. The molecule has 0 unspecified atom stereocenters. The van der Waals surface area contributed by atoms with Crippen molar-refractivity contribution in [3.05, 3.63) is 59.5 Å². The van der Waals surface area contributed by atoms with Crippen LogP contribution in [-0.2, 0) is 21.2 Å². The number of aromatic nitrogens is 1. The van der Waals surface area contributed by atoms with E-state index in [9.17, 15) is 17.6 Å². The second kappa shape index (κ2) is 6.65. The Labute approximate surface area is 128 Å². The largest absolute Gasteiger partial charge is 0.284 e. The molecule has 7 heteroatoms. The predicted octanol–water partition coefficient (Wildman–Crippen LogP) is 1.97. The Balaban J connectivity index is 1.99. The first-order chi connectivity index (χ1) is 10.4.